The summed E-state index contributed by atoms with van der Waals surface area (Å²) in [5, 5.41) is 0.538. The van der Waals surface area contributed by atoms with Crippen molar-refractivity contribution in [2.45, 2.75) is 17.4 Å². The summed E-state index contributed by atoms with van der Waals surface area (Å²) in [6.45, 7) is 1.96. The van der Waals surface area contributed by atoms with Gasteiger partial charge in [0, 0.05) is 0 Å². The minimum atomic E-state index is -0.486. The van der Waals surface area contributed by atoms with Crippen LogP contribution in [0.15, 0.2) is 50.5 Å². The second-order valence-electron chi connectivity index (χ2n) is 4.40. The molecule has 1 aromatic carbocycles. The number of para-hydroxylation sites is 2. The number of rotatable bonds is 4. The van der Waals surface area contributed by atoms with Crippen LogP contribution in [-0.4, -0.2) is 18.1 Å². The molecular formula is C15H13NO4S. The third-order valence-electron chi connectivity index (χ3n) is 2.97. The Labute approximate surface area is 125 Å². The number of carbonyl (C=O) groups excluding carboxylic acids is 1. The summed E-state index contributed by atoms with van der Waals surface area (Å²) in [4.78, 5) is 15.8. The van der Waals surface area contributed by atoms with Crippen LogP contribution in [0.5, 0.6) is 0 Å². The van der Waals surface area contributed by atoms with Crippen molar-refractivity contribution >= 4 is 28.8 Å². The van der Waals surface area contributed by atoms with Crippen molar-refractivity contribution in [2.24, 2.45) is 0 Å². The number of furan rings is 1. The molecule has 108 valence electrons. The first kappa shape index (κ1) is 13.8. The predicted molar refractivity (Wildman–Crippen MR) is 78.3 cm³/mol. The van der Waals surface area contributed by atoms with E-state index in [9.17, 15) is 4.79 Å². The van der Waals surface area contributed by atoms with E-state index in [4.69, 9.17) is 8.83 Å². The zero-order valence-electron chi connectivity index (χ0n) is 11.5. The highest BCUT2D eigenvalue weighted by atomic mass is 32.2. The molecule has 0 radical (unpaired) electrons. The maximum absolute atomic E-state index is 11.4. The maximum atomic E-state index is 11.4. The van der Waals surface area contributed by atoms with Crippen molar-refractivity contribution in [3.8, 4) is 0 Å². The maximum Gasteiger partial charge on any atom is 0.373 e. The van der Waals surface area contributed by atoms with Crippen molar-refractivity contribution in [2.75, 3.05) is 7.11 Å². The fraction of sp³-hybridized carbons (Fsp3) is 0.200. The van der Waals surface area contributed by atoms with Crippen LogP contribution in [0.25, 0.3) is 11.1 Å². The Balaban J connectivity index is 1.77. The van der Waals surface area contributed by atoms with Crippen LogP contribution in [0.3, 0.4) is 0 Å². The van der Waals surface area contributed by atoms with Crippen molar-refractivity contribution in [1.82, 2.24) is 4.98 Å². The molecular weight excluding hydrogens is 290 g/mol. The number of aromatic nitrogens is 1. The molecule has 1 unspecified atom stereocenters. The van der Waals surface area contributed by atoms with E-state index >= 15 is 0 Å². The lowest BCUT2D eigenvalue weighted by Gasteiger charge is -2.04. The lowest BCUT2D eigenvalue weighted by molar-refractivity contribution is 0.0563. The minimum absolute atomic E-state index is 0.0310. The van der Waals surface area contributed by atoms with E-state index in [-0.39, 0.29) is 11.0 Å². The predicted octanol–water partition coefficient (Wildman–Crippen LogP) is 4.06. The topological polar surface area (TPSA) is 65.5 Å². The fourth-order valence-corrected chi connectivity index (χ4v) is 2.73. The Morgan fingerprint density at radius 1 is 1.24 bits per heavy atom. The van der Waals surface area contributed by atoms with Gasteiger partial charge in [-0.25, -0.2) is 9.78 Å². The van der Waals surface area contributed by atoms with Gasteiger partial charge in [-0.15, -0.1) is 0 Å². The summed E-state index contributed by atoms with van der Waals surface area (Å²) >= 11 is 1.43. The summed E-state index contributed by atoms with van der Waals surface area (Å²) in [5.41, 5.74) is 1.57. The molecule has 2 aromatic heterocycles. The summed E-state index contributed by atoms with van der Waals surface area (Å²) in [6, 6.07) is 10.9. The largest absolute Gasteiger partial charge is 0.463 e. The van der Waals surface area contributed by atoms with Gasteiger partial charge in [-0.2, -0.15) is 0 Å². The quantitative estimate of drug-likeness (QED) is 0.535. The number of methoxy groups -OCH3 is 1. The number of fused-ring (bicyclic) bond motifs is 1. The number of thioether (sulfide) groups is 1. The third kappa shape index (κ3) is 2.80. The average Bonchev–Trinajstić information content (AvgIpc) is 3.12. The summed E-state index contributed by atoms with van der Waals surface area (Å²) in [5.74, 6) is 0.375. The second-order valence-corrected chi connectivity index (χ2v) is 5.69. The van der Waals surface area contributed by atoms with Crippen LogP contribution in [0, 0.1) is 0 Å². The standard InChI is InChI=1S/C15H13NO4S/c1-9(11-7-8-13(19-11)14(17)18-2)21-15-16-10-5-3-4-6-12(10)20-15/h3-9H,1-2H3. The molecule has 0 bridgehead atoms. The van der Waals surface area contributed by atoms with E-state index in [2.05, 4.69) is 9.72 Å². The molecule has 0 aliphatic rings. The smallest absolute Gasteiger partial charge is 0.373 e. The van der Waals surface area contributed by atoms with Crippen molar-refractivity contribution < 1.29 is 18.4 Å². The molecule has 0 saturated carbocycles. The molecule has 0 aliphatic heterocycles. The molecule has 2 heterocycles. The van der Waals surface area contributed by atoms with Crippen LogP contribution < -0.4 is 0 Å². The molecule has 0 fully saturated rings. The molecule has 3 aromatic rings. The van der Waals surface area contributed by atoms with Gasteiger partial charge in [0.15, 0.2) is 5.58 Å². The number of hydrogen-bond acceptors (Lipinski definition) is 6. The fourth-order valence-electron chi connectivity index (χ4n) is 1.89. The van der Waals surface area contributed by atoms with Gasteiger partial charge in [0.05, 0.1) is 12.4 Å². The highest BCUT2D eigenvalue weighted by Crippen LogP contribution is 2.36. The summed E-state index contributed by atoms with van der Waals surface area (Å²) in [6.07, 6.45) is 0. The van der Waals surface area contributed by atoms with Gasteiger partial charge >= 0.3 is 5.97 Å². The number of hydrogen-bond donors (Lipinski definition) is 0. The Morgan fingerprint density at radius 3 is 2.81 bits per heavy atom. The molecule has 0 aliphatic carbocycles. The molecule has 0 spiro atoms. The second kappa shape index (κ2) is 5.65. The van der Waals surface area contributed by atoms with Crippen LogP contribution in [0.4, 0.5) is 0 Å². The zero-order chi connectivity index (χ0) is 14.8. The highest BCUT2D eigenvalue weighted by molar-refractivity contribution is 7.99. The highest BCUT2D eigenvalue weighted by Gasteiger charge is 2.18. The van der Waals surface area contributed by atoms with Crippen molar-refractivity contribution in [1.29, 1.82) is 0 Å². The van der Waals surface area contributed by atoms with Gasteiger partial charge in [-0.05, 0) is 31.2 Å². The Hall–Kier alpha value is -2.21. The SMILES string of the molecule is COC(=O)c1ccc(C(C)Sc2nc3ccccc3o2)o1. The monoisotopic (exact) mass is 303 g/mol. The zero-order valence-corrected chi connectivity index (χ0v) is 12.3. The molecule has 0 N–H and O–H groups in total. The molecule has 5 nitrogen and oxygen atoms in total. The number of nitrogens with zero attached hydrogens (tertiary/aromatic N) is 1. The van der Waals surface area contributed by atoms with Gasteiger partial charge in [-0.1, -0.05) is 23.9 Å². The van der Waals surface area contributed by atoms with Gasteiger partial charge < -0.3 is 13.6 Å². The molecule has 0 saturated heterocycles. The lowest BCUT2D eigenvalue weighted by Crippen LogP contribution is -1.98. The number of carbonyl (C=O) groups is 1. The van der Waals surface area contributed by atoms with Crippen molar-refractivity contribution in [3.05, 3.63) is 47.9 Å². The lowest BCUT2D eigenvalue weighted by atomic mass is 10.3. The van der Waals surface area contributed by atoms with Crippen LogP contribution in [0.1, 0.15) is 28.5 Å². The number of benzene rings is 1. The van der Waals surface area contributed by atoms with E-state index in [1.807, 2.05) is 31.2 Å². The normalized spacial score (nSPS) is 12.5. The summed E-state index contributed by atoms with van der Waals surface area (Å²) in [7, 11) is 1.32. The number of ether oxygens (including phenoxy) is 1. The number of esters is 1. The van der Waals surface area contributed by atoms with E-state index < -0.39 is 5.97 Å². The van der Waals surface area contributed by atoms with Crippen LogP contribution in [0.2, 0.25) is 0 Å². The van der Waals surface area contributed by atoms with E-state index in [0.717, 1.165) is 11.1 Å². The Bertz CT molecular complexity index is 744. The molecule has 3 rings (SSSR count). The molecule has 0 amide bonds. The molecule has 1 atom stereocenters. The van der Waals surface area contributed by atoms with Crippen LogP contribution >= 0.6 is 11.8 Å². The third-order valence-corrected chi connectivity index (χ3v) is 3.93. The first-order chi connectivity index (χ1) is 10.2. The first-order valence-electron chi connectivity index (χ1n) is 6.37. The van der Waals surface area contributed by atoms with Crippen LogP contribution in [-0.2, 0) is 4.74 Å². The van der Waals surface area contributed by atoms with E-state index in [1.165, 1.54) is 18.9 Å². The number of oxazole rings is 1. The van der Waals surface area contributed by atoms with E-state index in [0.29, 0.717) is 11.0 Å². The summed E-state index contributed by atoms with van der Waals surface area (Å²) < 4.78 is 15.8. The minimum Gasteiger partial charge on any atom is -0.463 e. The van der Waals surface area contributed by atoms with Gasteiger partial charge in [-0.3, -0.25) is 0 Å². The van der Waals surface area contributed by atoms with E-state index in [1.54, 1.807) is 12.1 Å². The molecule has 6 heteroatoms. The van der Waals surface area contributed by atoms with Gasteiger partial charge in [0.25, 0.3) is 5.22 Å². The first-order valence-corrected chi connectivity index (χ1v) is 7.25. The van der Waals surface area contributed by atoms with Gasteiger partial charge in [0.1, 0.15) is 11.3 Å². The molecule has 21 heavy (non-hydrogen) atoms. The Kier molecular flexibility index (Phi) is 3.70. The van der Waals surface area contributed by atoms with Crippen molar-refractivity contribution in [3.63, 3.8) is 0 Å². The van der Waals surface area contributed by atoms with Gasteiger partial charge in [0.2, 0.25) is 5.76 Å². The Morgan fingerprint density at radius 2 is 2.05 bits per heavy atom. The average molecular weight is 303 g/mol.